The summed E-state index contributed by atoms with van der Waals surface area (Å²) >= 11 is 0. The molecule has 0 bridgehead atoms. The molecule has 9 nitrogen and oxygen atoms in total. The van der Waals surface area contributed by atoms with Crippen molar-refractivity contribution in [2.24, 2.45) is 5.41 Å². The molecule has 0 aliphatic rings. The molecule has 0 aromatic carbocycles. The Morgan fingerprint density at radius 3 is 1.63 bits per heavy atom. The van der Waals surface area contributed by atoms with Gasteiger partial charge < -0.3 is 33.5 Å². The van der Waals surface area contributed by atoms with Gasteiger partial charge in [0.2, 0.25) is 0 Å². The van der Waals surface area contributed by atoms with Crippen LogP contribution in [0.3, 0.4) is 0 Å². The standard InChI is InChI=1S/C21H34O9/c1-5-18(22)28-12-9-25-15-21(8-4,16-26-10-13-29-19(23)6-2)17-27-11-14-30-20(24)7-3/h5-7,18,22H,1-3,8-17H2,4H3. The van der Waals surface area contributed by atoms with Gasteiger partial charge >= 0.3 is 11.9 Å². The van der Waals surface area contributed by atoms with Crippen LogP contribution in [0.5, 0.6) is 0 Å². The summed E-state index contributed by atoms with van der Waals surface area (Å²) < 4.78 is 31.8. The highest BCUT2D eigenvalue weighted by Crippen LogP contribution is 2.24. The Kier molecular flexibility index (Phi) is 16.6. The minimum atomic E-state index is -1.03. The Bertz CT molecular complexity index is 489. The smallest absolute Gasteiger partial charge is 0.330 e. The lowest BCUT2D eigenvalue weighted by atomic mass is 9.88. The molecule has 0 rings (SSSR count). The monoisotopic (exact) mass is 430 g/mol. The first kappa shape index (κ1) is 28.0. The molecule has 0 saturated carbocycles. The van der Waals surface area contributed by atoms with Gasteiger partial charge in [-0.05, 0) is 12.5 Å². The van der Waals surface area contributed by atoms with E-state index in [1.54, 1.807) is 0 Å². The van der Waals surface area contributed by atoms with Crippen molar-refractivity contribution in [3.05, 3.63) is 38.0 Å². The number of rotatable bonds is 20. The molecular weight excluding hydrogens is 396 g/mol. The molecule has 0 aliphatic heterocycles. The van der Waals surface area contributed by atoms with Gasteiger partial charge in [-0.15, -0.1) is 0 Å². The van der Waals surface area contributed by atoms with Crippen molar-refractivity contribution in [2.45, 2.75) is 19.6 Å². The van der Waals surface area contributed by atoms with Gasteiger partial charge in [-0.25, -0.2) is 9.59 Å². The maximum Gasteiger partial charge on any atom is 0.330 e. The first-order valence-corrected chi connectivity index (χ1v) is 9.67. The van der Waals surface area contributed by atoms with Crippen LogP contribution >= 0.6 is 0 Å². The van der Waals surface area contributed by atoms with Crippen molar-refractivity contribution in [3.8, 4) is 0 Å². The predicted molar refractivity (Wildman–Crippen MR) is 110 cm³/mol. The summed E-state index contributed by atoms with van der Waals surface area (Å²) in [6.07, 6.45) is 3.09. The highest BCUT2D eigenvalue weighted by atomic mass is 16.6. The van der Waals surface area contributed by atoms with Crippen LogP contribution in [0, 0.1) is 5.41 Å². The molecule has 30 heavy (non-hydrogen) atoms. The highest BCUT2D eigenvalue weighted by molar-refractivity contribution is 5.81. The minimum Gasteiger partial charge on any atom is -0.460 e. The number of ether oxygens (including phenoxy) is 6. The zero-order valence-corrected chi connectivity index (χ0v) is 17.7. The molecule has 0 aliphatic carbocycles. The number of aliphatic hydroxyl groups excluding tert-OH is 1. The van der Waals surface area contributed by atoms with E-state index in [1.807, 2.05) is 6.92 Å². The summed E-state index contributed by atoms with van der Waals surface area (Å²) in [6.45, 7) is 14.1. The van der Waals surface area contributed by atoms with Crippen molar-refractivity contribution >= 4 is 11.9 Å². The summed E-state index contributed by atoms with van der Waals surface area (Å²) in [7, 11) is 0. The number of hydrogen-bond acceptors (Lipinski definition) is 9. The van der Waals surface area contributed by atoms with E-state index in [0.717, 1.165) is 12.2 Å². The van der Waals surface area contributed by atoms with Gasteiger partial charge in [0, 0.05) is 17.6 Å². The van der Waals surface area contributed by atoms with Crippen LogP contribution in [0.2, 0.25) is 0 Å². The van der Waals surface area contributed by atoms with Gasteiger partial charge in [0.15, 0.2) is 6.29 Å². The second-order valence-electron chi connectivity index (χ2n) is 6.25. The quantitative estimate of drug-likeness (QED) is 0.101. The van der Waals surface area contributed by atoms with E-state index in [2.05, 4.69) is 19.7 Å². The third kappa shape index (κ3) is 14.0. The Morgan fingerprint density at radius 1 is 0.833 bits per heavy atom. The molecule has 0 saturated heterocycles. The number of aliphatic hydroxyl groups is 1. The second kappa shape index (κ2) is 17.8. The molecule has 1 N–H and O–H groups in total. The molecular formula is C21H34O9. The molecule has 0 aromatic rings. The normalized spacial score (nSPS) is 12.1. The van der Waals surface area contributed by atoms with Crippen LogP contribution in [-0.4, -0.2) is 82.8 Å². The topological polar surface area (TPSA) is 110 Å². The maximum atomic E-state index is 11.1. The van der Waals surface area contributed by atoms with Crippen LogP contribution in [-0.2, 0) is 38.0 Å². The highest BCUT2D eigenvalue weighted by Gasteiger charge is 2.30. The second-order valence-corrected chi connectivity index (χ2v) is 6.25. The molecule has 0 heterocycles. The van der Waals surface area contributed by atoms with Gasteiger partial charge in [-0.1, -0.05) is 26.7 Å². The van der Waals surface area contributed by atoms with E-state index in [4.69, 9.17) is 28.4 Å². The molecule has 0 amide bonds. The fraction of sp³-hybridized carbons (Fsp3) is 0.619. The Labute approximate surface area is 178 Å². The summed E-state index contributed by atoms with van der Waals surface area (Å²) in [5.41, 5.74) is -0.470. The van der Waals surface area contributed by atoms with Gasteiger partial charge in [-0.2, -0.15) is 0 Å². The molecule has 9 heteroatoms. The summed E-state index contributed by atoms with van der Waals surface area (Å²) in [5, 5.41) is 9.29. The Balaban J connectivity index is 4.50. The van der Waals surface area contributed by atoms with Crippen LogP contribution in [0.15, 0.2) is 38.0 Å². The van der Waals surface area contributed by atoms with E-state index < -0.39 is 23.6 Å². The Morgan fingerprint density at radius 2 is 1.27 bits per heavy atom. The van der Waals surface area contributed by atoms with E-state index in [9.17, 15) is 14.7 Å². The van der Waals surface area contributed by atoms with Crippen LogP contribution in [0.4, 0.5) is 0 Å². The van der Waals surface area contributed by atoms with Crippen molar-refractivity contribution in [1.82, 2.24) is 0 Å². The first-order valence-electron chi connectivity index (χ1n) is 9.67. The molecule has 0 spiro atoms. The average Bonchev–Trinajstić information content (AvgIpc) is 2.76. The van der Waals surface area contributed by atoms with Gasteiger partial charge in [0.1, 0.15) is 13.2 Å². The van der Waals surface area contributed by atoms with Gasteiger partial charge in [0.05, 0.1) is 46.2 Å². The third-order valence-corrected chi connectivity index (χ3v) is 3.97. The number of carbonyl (C=O) groups is 2. The van der Waals surface area contributed by atoms with Gasteiger partial charge in [-0.3, -0.25) is 0 Å². The maximum absolute atomic E-state index is 11.1. The lowest BCUT2D eigenvalue weighted by Crippen LogP contribution is -2.38. The van der Waals surface area contributed by atoms with Crippen molar-refractivity contribution < 1.29 is 43.1 Å². The fourth-order valence-corrected chi connectivity index (χ4v) is 2.11. The lowest BCUT2D eigenvalue weighted by molar-refractivity contribution is -0.141. The third-order valence-electron chi connectivity index (χ3n) is 3.97. The number of esters is 2. The molecule has 0 fully saturated rings. The molecule has 0 radical (unpaired) electrons. The van der Waals surface area contributed by atoms with Crippen LogP contribution in [0.25, 0.3) is 0 Å². The molecule has 1 atom stereocenters. The largest absolute Gasteiger partial charge is 0.460 e. The summed E-state index contributed by atoms with van der Waals surface area (Å²) in [5.74, 6) is -1.02. The first-order chi connectivity index (χ1) is 14.4. The van der Waals surface area contributed by atoms with Crippen LogP contribution < -0.4 is 0 Å². The SMILES string of the molecule is C=CC(=O)OCCOCC(CC)(COCCOC(=O)C=C)COCCOC(O)C=C. The lowest BCUT2D eigenvalue weighted by Gasteiger charge is -2.32. The van der Waals surface area contributed by atoms with E-state index in [0.29, 0.717) is 26.2 Å². The van der Waals surface area contributed by atoms with E-state index in [-0.39, 0.29) is 39.6 Å². The van der Waals surface area contributed by atoms with E-state index >= 15 is 0 Å². The number of hydrogen-bond donors (Lipinski definition) is 1. The fourth-order valence-electron chi connectivity index (χ4n) is 2.11. The van der Waals surface area contributed by atoms with Crippen molar-refractivity contribution in [2.75, 3.05) is 59.5 Å². The predicted octanol–water partition coefficient (Wildman–Crippen LogP) is 1.41. The minimum absolute atomic E-state index is 0.108. The Hall–Kier alpha value is -2.04. The van der Waals surface area contributed by atoms with E-state index in [1.165, 1.54) is 6.08 Å². The summed E-state index contributed by atoms with van der Waals surface area (Å²) in [6, 6.07) is 0. The van der Waals surface area contributed by atoms with Crippen LogP contribution in [0.1, 0.15) is 13.3 Å². The molecule has 0 aromatic heterocycles. The average molecular weight is 430 g/mol. The molecule has 1 unspecified atom stereocenters. The molecule has 172 valence electrons. The van der Waals surface area contributed by atoms with Crippen molar-refractivity contribution in [1.29, 1.82) is 0 Å². The van der Waals surface area contributed by atoms with Gasteiger partial charge in [0.25, 0.3) is 0 Å². The van der Waals surface area contributed by atoms with Crippen molar-refractivity contribution in [3.63, 3.8) is 0 Å². The summed E-state index contributed by atoms with van der Waals surface area (Å²) in [4.78, 5) is 22.1. The zero-order valence-electron chi connectivity index (χ0n) is 17.7. The zero-order chi connectivity index (χ0) is 22.7. The number of carbonyl (C=O) groups excluding carboxylic acids is 2.